The number of likely N-dealkylation sites (tertiary alicyclic amines) is 1. The van der Waals surface area contributed by atoms with E-state index in [1.54, 1.807) is 6.07 Å². The number of amides is 2. The topological polar surface area (TPSA) is 122 Å². The third-order valence-corrected chi connectivity index (χ3v) is 11.0. The van der Waals surface area contributed by atoms with Crippen LogP contribution in [-0.4, -0.2) is 82.0 Å². The summed E-state index contributed by atoms with van der Waals surface area (Å²) >= 11 is 0. The third kappa shape index (κ3) is 7.32. The van der Waals surface area contributed by atoms with E-state index in [2.05, 4.69) is 55.6 Å². The van der Waals surface area contributed by atoms with Gasteiger partial charge in [-0.2, -0.15) is 5.10 Å². The highest BCUT2D eigenvalue weighted by molar-refractivity contribution is 5.97. The summed E-state index contributed by atoms with van der Waals surface area (Å²) in [6.45, 7) is 6.09. The van der Waals surface area contributed by atoms with Gasteiger partial charge in [-0.25, -0.2) is 4.79 Å². The van der Waals surface area contributed by atoms with E-state index in [1.807, 2.05) is 19.3 Å². The third-order valence-electron chi connectivity index (χ3n) is 11.0. The number of carboxylic acids is 1. The number of carboxylic acid groups (broad SMARTS) is 1. The van der Waals surface area contributed by atoms with E-state index in [-0.39, 0.29) is 24.0 Å². The molecule has 1 aliphatic heterocycles. The van der Waals surface area contributed by atoms with Gasteiger partial charge in [0.25, 0.3) is 0 Å². The Balaban J connectivity index is 0.901. The predicted octanol–water partition coefficient (Wildman–Crippen LogP) is 6.10. The second-order valence-electron chi connectivity index (χ2n) is 14.4. The molecule has 1 saturated heterocycles. The van der Waals surface area contributed by atoms with Crippen molar-refractivity contribution in [1.82, 2.24) is 24.6 Å². The van der Waals surface area contributed by atoms with Crippen LogP contribution in [-0.2, 0) is 9.59 Å². The molecular weight excluding hydrogens is 620 g/mol. The van der Waals surface area contributed by atoms with E-state index >= 15 is 0 Å². The van der Waals surface area contributed by atoms with Crippen molar-refractivity contribution >= 4 is 45.8 Å². The van der Waals surface area contributed by atoms with Crippen LogP contribution in [0, 0.1) is 12.8 Å². The fourth-order valence-electron chi connectivity index (χ4n) is 8.07. The lowest BCUT2D eigenvalue weighted by Gasteiger charge is -2.35. The summed E-state index contributed by atoms with van der Waals surface area (Å²) in [6.07, 6.45) is 12.9. The molecule has 0 bridgehead atoms. The van der Waals surface area contributed by atoms with Crippen molar-refractivity contribution in [1.29, 1.82) is 0 Å². The van der Waals surface area contributed by atoms with E-state index in [1.165, 1.54) is 35.9 Å². The molecule has 0 radical (unpaired) electrons. The number of rotatable bonds is 13. The lowest BCUT2D eigenvalue weighted by atomic mass is 9.84. The van der Waals surface area contributed by atoms with E-state index in [0.29, 0.717) is 30.8 Å². The maximum atomic E-state index is 11.9. The first-order chi connectivity index (χ1) is 23.8. The van der Waals surface area contributed by atoms with Gasteiger partial charge in [0.15, 0.2) is 0 Å². The number of ether oxygens (including phenoxy) is 1. The molecular formula is C38H48N6O5. The average molecular weight is 669 g/mol. The first kappa shape index (κ1) is 33.1. The fraction of sp³-hybridized carbons (Fsp3) is 0.526. The molecule has 260 valence electrons. The van der Waals surface area contributed by atoms with Crippen LogP contribution in [0.25, 0.3) is 21.8 Å². The number of aryl methyl sites for hydroxylation is 1. The van der Waals surface area contributed by atoms with Crippen LogP contribution in [0.15, 0.2) is 42.6 Å². The zero-order chi connectivity index (χ0) is 34.1. The van der Waals surface area contributed by atoms with Gasteiger partial charge in [0.2, 0.25) is 12.3 Å². The monoisotopic (exact) mass is 668 g/mol. The van der Waals surface area contributed by atoms with E-state index in [9.17, 15) is 19.5 Å². The van der Waals surface area contributed by atoms with Crippen molar-refractivity contribution in [2.45, 2.75) is 89.3 Å². The minimum Gasteiger partial charge on any atom is -0.489 e. The van der Waals surface area contributed by atoms with Crippen LogP contribution in [0.2, 0.25) is 0 Å². The molecule has 7 rings (SSSR count). The summed E-state index contributed by atoms with van der Waals surface area (Å²) in [5.41, 5.74) is 4.64. The Morgan fingerprint density at radius 2 is 1.82 bits per heavy atom. The summed E-state index contributed by atoms with van der Waals surface area (Å²) in [5, 5.41) is 18.9. The number of piperidine rings is 1. The van der Waals surface area contributed by atoms with Crippen molar-refractivity contribution < 1.29 is 24.2 Å². The molecule has 3 heterocycles. The number of anilines is 1. The number of hydrogen-bond donors (Lipinski definition) is 2. The summed E-state index contributed by atoms with van der Waals surface area (Å²) in [4.78, 5) is 39.0. The maximum Gasteiger partial charge on any atom is 0.339 e. The zero-order valence-corrected chi connectivity index (χ0v) is 28.6. The number of aromatic carboxylic acids is 1. The highest BCUT2D eigenvalue weighted by Gasteiger charge is 2.29. The van der Waals surface area contributed by atoms with E-state index in [4.69, 9.17) is 9.84 Å². The number of carbonyl (C=O) groups excluding carboxylic acids is 2. The van der Waals surface area contributed by atoms with Gasteiger partial charge in [0, 0.05) is 73.6 Å². The van der Waals surface area contributed by atoms with Crippen LogP contribution in [0.4, 0.5) is 5.69 Å². The zero-order valence-electron chi connectivity index (χ0n) is 28.6. The molecule has 0 atom stereocenters. The molecule has 3 aliphatic rings. The first-order valence-electron chi connectivity index (χ1n) is 18.0. The second kappa shape index (κ2) is 14.2. The van der Waals surface area contributed by atoms with Gasteiger partial charge in [0.05, 0.1) is 23.2 Å². The highest BCUT2D eigenvalue weighted by atomic mass is 16.5. The summed E-state index contributed by atoms with van der Waals surface area (Å²) in [7, 11) is 2.00. The molecule has 2 N–H and O–H groups in total. The van der Waals surface area contributed by atoms with Crippen LogP contribution in [0.1, 0.15) is 92.3 Å². The highest BCUT2D eigenvalue weighted by Crippen LogP contribution is 2.38. The van der Waals surface area contributed by atoms with Crippen molar-refractivity contribution in [3.8, 4) is 5.75 Å². The van der Waals surface area contributed by atoms with Gasteiger partial charge >= 0.3 is 5.97 Å². The van der Waals surface area contributed by atoms with E-state index < -0.39 is 5.97 Å². The molecule has 2 aliphatic carbocycles. The molecule has 11 heteroatoms. The molecule has 49 heavy (non-hydrogen) atoms. The van der Waals surface area contributed by atoms with Gasteiger partial charge in [-0.15, -0.1) is 0 Å². The number of nitrogens with zero attached hydrogens (tertiary/aromatic N) is 5. The average Bonchev–Trinajstić information content (AvgIpc) is 3.71. The van der Waals surface area contributed by atoms with Gasteiger partial charge < -0.3 is 24.2 Å². The number of fused-ring (bicyclic) bond motifs is 2. The predicted molar refractivity (Wildman–Crippen MR) is 189 cm³/mol. The Kier molecular flexibility index (Phi) is 9.62. The molecule has 2 aromatic carbocycles. The molecule has 2 saturated carbocycles. The number of nitrogens with one attached hydrogen (secondary N) is 1. The largest absolute Gasteiger partial charge is 0.489 e. The molecule has 0 spiro atoms. The van der Waals surface area contributed by atoms with Crippen molar-refractivity contribution in [3.63, 3.8) is 0 Å². The molecule has 11 nitrogen and oxygen atoms in total. The lowest BCUT2D eigenvalue weighted by molar-refractivity contribution is -0.125. The van der Waals surface area contributed by atoms with Crippen LogP contribution < -0.4 is 15.0 Å². The summed E-state index contributed by atoms with van der Waals surface area (Å²) < 4.78 is 10.5. The van der Waals surface area contributed by atoms with Crippen molar-refractivity contribution in [2.24, 2.45) is 5.92 Å². The number of aromatic nitrogens is 3. The van der Waals surface area contributed by atoms with Crippen molar-refractivity contribution in [2.75, 3.05) is 38.1 Å². The van der Waals surface area contributed by atoms with Crippen molar-refractivity contribution in [3.05, 3.63) is 53.9 Å². The SMILES string of the molecule is Cc1cc2c(N(C)CCC(=O)NC=O)cccc2n1C1CCN(CCC2CCC(n3cc4cc(C(=O)O)c(OC5CC5)cc4n3)CC2)CC1. The van der Waals surface area contributed by atoms with Crippen LogP contribution >= 0.6 is 0 Å². The smallest absolute Gasteiger partial charge is 0.339 e. The Labute approximate surface area is 287 Å². The minimum absolute atomic E-state index is 0.134. The second-order valence-corrected chi connectivity index (χ2v) is 14.4. The number of imide groups is 1. The number of hydrogen-bond acceptors (Lipinski definition) is 7. The molecule has 2 aromatic heterocycles. The summed E-state index contributed by atoms with van der Waals surface area (Å²) in [6, 6.07) is 13.0. The van der Waals surface area contributed by atoms with Crippen LogP contribution in [0.3, 0.4) is 0 Å². The Bertz CT molecular complexity index is 1830. The Hall–Kier alpha value is -4.38. The van der Waals surface area contributed by atoms with Gasteiger partial charge in [0.1, 0.15) is 11.3 Å². The molecule has 0 unspecified atom stereocenters. The maximum absolute atomic E-state index is 11.9. The number of benzene rings is 2. The quantitative estimate of drug-likeness (QED) is 0.164. The first-order valence-corrected chi connectivity index (χ1v) is 18.0. The normalized spacial score (nSPS) is 20.4. The molecule has 2 amide bonds. The van der Waals surface area contributed by atoms with Gasteiger partial charge in [-0.05, 0) is 101 Å². The standard InChI is InChI=1S/C38H48N6O5/c1-25-20-31-34(41(2)16-15-37(46)39-24-45)4-3-5-35(31)44(25)29-13-18-42(19-14-29)17-12-26-6-8-28(9-7-26)43-23-27-21-32(38(47)48)36(22-33(27)40-43)49-30-10-11-30/h3-5,20-24,26,28-30H,6-19H2,1-2H3,(H,47,48)(H,39,45,46). The van der Waals surface area contributed by atoms with Gasteiger partial charge in [-0.1, -0.05) is 6.07 Å². The van der Waals surface area contributed by atoms with Crippen LogP contribution in [0.5, 0.6) is 5.75 Å². The Morgan fingerprint density at radius 3 is 2.53 bits per heavy atom. The number of carbonyl (C=O) groups is 3. The molecule has 4 aromatic rings. The minimum atomic E-state index is -0.959. The molecule has 3 fully saturated rings. The van der Waals surface area contributed by atoms with E-state index in [0.717, 1.165) is 80.7 Å². The van der Waals surface area contributed by atoms with Gasteiger partial charge in [-0.3, -0.25) is 19.6 Å². The fourth-order valence-corrected chi connectivity index (χ4v) is 8.07. The lowest BCUT2D eigenvalue weighted by Crippen LogP contribution is -2.36. The Morgan fingerprint density at radius 1 is 1.04 bits per heavy atom. The summed E-state index contributed by atoms with van der Waals surface area (Å²) in [5.74, 6) is -0.0599.